The Hall–Kier alpha value is -2.21. The van der Waals surface area contributed by atoms with Crippen molar-refractivity contribution in [3.05, 3.63) is 47.7 Å². The Balaban J connectivity index is 2.25. The number of nitrogens with zero attached hydrogens (tertiary/aromatic N) is 2. The summed E-state index contributed by atoms with van der Waals surface area (Å²) >= 11 is 0. The molecule has 20 heavy (non-hydrogen) atoms. The topological polar surface area (TPSA) is 64.5 Å². The van der Waals surface area contributed by atoms with Crippen LogP contribution in [0.25, 0.3) is 0 Å². The van der Waals surface area contributed by atoms with Crippen molar-refractivity contribution in [2.75, 3.05) is 14.2 Å². The van der Waals surface area contributed by atoms with Crippen LogP contribution in [0.3, 0.4) is 0 Å². The molecule has 0 aliphatic heterocycles. The molecule has 1 aromatic carbocycles. The number of hydrogen-bond donors (Lipinski definition) is 1. The maximum Gasteiger partial charge on any atom is 0.216 e. The summed E-state index contributed by atoms with van der Waals surface area (Å²) in [6.45, 7) is 0. The number of rotatable bonds is 5. The van der Waals surface area contributed by atoms with Crippen LogP contribution >= 0.6 is 0 Å². The first-order valence-electron chi connectivity index (χ1n) is 6.01. The summed E-state index contributed by atoms with van der Waals surface area (Å²) in [7, 11) is 2.92. The number of halogens is 1. The molecule has 106 valence electrons. The fraction of sp³-hybridized carbons (Fsp3) is 0.286. The first kappa shape index (κ1) is 14.2. The van der Waals surface area contributed by atoms with E-state index in [0.29, 0.717) is 17.3 Å². The van der Waals surface area contributed by atoms with Gasteiger partial charge >= 0.3 is 0 Å². The Morgan fingerprint density at radius 3 is 2.75 bits per heavy atom. The molecule has 1 aromatic heterocycles. The number of ether oxygens (including phenoxy) is 2. The van der Waals surface area contributed by atoms with Crippen molar-refractivity contribution in [3.63, 3.8) is 0 Å². The second kappa shape index (κ2) is 6.29. The molecule has 0 fully saturated rings. The summed E-state index contributed by atoms with van der Waals surface area (Å²) in [6, 6.07) is 6.00. The van der Waals surface area contributed by atoms with Gasteiger partial charge in [0.1, 0.15) is 17.9 Å². The van der Waals surface area contributed by atoms with Gasteiger partial charge in [-0.15, -0.1) is 0 Å². The highest BCUT2D eigenvalue weighted by molar-refractivity contribution is 5.37. The number of aliphatic hydroxyl groups excluding tert-OH is 1. The highest BCUT2D eigenvalue weighted by Crippen LogP contribution is 2.29. The van der Waals surface area contributed by atoms with E-state index < -0.39 is 11.9 Å². The minimum atomic E-state index is -1.06. The van der Waals surface area contributed by atoms with E-state index >= 15 is 0 Å². The Morgan fingerprint density at radius 1 is 1.25 bits per heavy atom. The van der Waals surface area contributed by atoms with Crippen molar-refractivity contribution in [1.82, 2.24) is 9.97 Å². The summed E-state index contributed by atoms with van der Waals surface area (Å²) < 4.78 is 23.9. The molecule has 0 spiro atoms. The monoisotopic (exact) mass is 278 g/mol. The van der Waals surface area contributed by atoms with Gasteiger partial charge < -0.3 is 14.6 Å². The predicted octanol–water partition coefficient (Wildman–Crippen LogP) is 1.91. The summed E-state index contributed by atoms with van der Waals surface area (Å²) in [5, 5.41) is 10.2. The number of hydrogen-bond acceptors (Lipinski definition) is 5. The van der Waals surface area contributed by atoms with E-state index in [0.717, 1.165) is 0 Å². The van der Waals surface area contributed by atoms with Crippen LogP contribution in [0.2, 0.25) is 0 Å². The summed E-state index contributed by atoms with van der Waals surface area (Å²) in [5.41, 5.74) is 0.669. The zero-order valence-electron chi connectivity index (χ0n) is 11.2. The number of methoxy groups -OCH3 is 2. The average Bonchev–Trinajstić information content (AvgIpc) is 2.46. The fourth-order valence-electron chi connectivity index (χ4n) is 1.92. The quantitative estimate of drug-likeness (QED) is 0.905. The van der Waals surface area contributed by atoms with Crippen LogP contribution in [0, 0.1) is 5.82 Å². The third-order valence-electron chi connectivity index (χ3n) is 2.88. The van der Waals surface area contributed by atoms with Crippen molar-refractivity contribution in [1.29, 1.82) is 0 Å². The minimum absolute atomic E-state index is 0.118. The maximum absolute atomic E-state index is 13.8. The van der Waals surface area contributed by atoms with Crippen LogP contribution in [0.1, 0.15) is 17.4 Å². The molecule has 1 N–H and O–H groups in total. The van der Waals surface area contributed by atoms with Gasteiger partial charge in [0, 0.05) is 12.5 Å². The normalized spacial score (nSPS) is 12.0. The molecule has 0 bridgehead atoms. The molecule has 0 amide bonds. The maximum atomic E-state index is 13.8. The Morgan fingerprint density at radius 2 is 2.05 bits per heavy atom. The smallest absolute Gasteiger partial charge is 0.216 e. The number of aromatic nitrogens is 2. The first-order chi connectivity index (χ1) is 9.65. The van der Waals surface area contributed by atoms with Crippen LogP contribution in [0.15, 0.2) is 30.6 Å². The van der Waals surface area contributed by atoms with Gasteiger partial charge in [-0.05, 0) is 12.1 Å². The van der Waals surface area contributed by atoms with Crippen molar-refractivity contribution >= 4 is 0 Å². The fourth-order valence-corrected chi connectivity index (χ4v) is 1.92. The Labute approximate surface area is 116 Å². The van der Waals surface area contributed by atoms with Crippen LogP contribution in [0.5, 0.6) is 11.6 Å². The molecule has 0 saturated heterocycles. The van der Waals surface area contributed by atoms with Gasteiger partial charge in [-0.3, -0.25) is 0 Å². The number of benzene rings is 1. The third-order valence-corrected chi connectivity index (χ3v) is 2.88. The zero-order valence-corrected chi connectivity index (χ0v) is 11.2. The molecule has 1 atom stereocenters. The van der Waals surface area contributed by atoms with Crippen molar-refractivity contribution < 1.29 is 19.0 Å². The van der Waals surface area contributed by atoms with E-state index in [2.05, 4.69) is 9.97 Å². The SMILES string of the molecule is COc1cc(CC(O)c2c(F)cccc2OC)ncn1. The van der Waals surface area contributed by atoms with E-state index in [1.54, 1.807) is 12.1 Å². The molecule has 1 unspecified atom stereocenters. The molecule has 1 heterocycles. The molecule has 0 aliphatic rings. The van der Waals surface area contributed by atoms with Gasteiger partial charge in [0.05, 0.1) is 31.6 Å². The Kier molecular flexibility index (Phi) is 4.47. The highest BCUT2D eigenvalue weighted by atomic mass is 19.1. The van der Waals surface area contributed by atoms with E-state index in [9.17, 15) is 9.50 Å². The van der Waals surface area contributed by atoms with E-state index in [1.807, 2.05) is 0 Å². The first-order valence-corrected chi connectivity index (χ1v) is 6.01. The molecule has 2 rings (SSSR count). The lowest BCUT2D eigenvalue weighted by atomic mass is 10.0. The molecule has 0 aliphatic carbocycles. The Bertz CT molecular complexity index is 592. The zero-order chi connectivity index (χ0) is 14.5. The van der Waals surface area contributed by atoms with Gasteiger partial charge in [0.15, 0.2) is 0 Å². The number of aliphatic hydroxyl groups is 1. The molecular weight excluding hydrogens is 263 g/mol. The largest absolute Gasteiger partial charge is 0.496 e. The average molecular weight is 278 g/mol. The standard InChI is InChI=1S/C14H15FN2O3/c1-19-12-5-3-4-10(15)14(12)11(18)6-9-7-13(20-2)17-8-16-9/h3-5,7-8,11,18H,6H2,1-2H3. The lowest BCUT2D eigenvalue weighted by Crippen LogP contribution is -2.08. The van der Waals surface area contributed by atoms with E-state index in [4.69, 9.17) is 9.47 Å². The second-order valence-electron chi connectivity index (χ2n) is 4.13. The van der Waals surface area contributed by atoms with Gasteiger partial charge in [0.25, 0.3) is 0 Å². The van der Waals surface area contributed by atoms with Crippen molar-refractivity contribution in [3.8, 4) is 11.6 Å². The second-order valence-corrected chi connectivity index (χ2v) is 4.13. The third kappa shape index (κ3) is 3.03. The van der Waals surface area contributed by atoms with E-state index in [-0.39, 0.29) is 12.0 Å². The van der Waals surface area contributed by atoms with Crippen LogP contribution < -0.4 is 9.47 Å². The van der Waals surface area contributed by atoms with Gasteiger partial charge in [-0.1, -0.05) is 6.07 Å². The van der Waals surface area contributed by atoms with Crippen LogP contribution in [-0.4, -0.2) is 29.3 Å². The van der Waals surface area contributed by atoms with Gasteiger partial charge in [0.2, 0.25) is 5.88 Å². The van der Waals surface area contributed by atoms with Crippen LogP contribution in [0.4, 0.5) is 4.39 Å². The summed E-state index contributed by atoms with van der Waals surface area (Å²) in [5.74, 6) is 0.180. The molecule has 5 nitrogen and oxygen atoms in total. The van der Waals surface area contributed by atoms with Crippen LogP contribution in [-0.2, 0) is 6.42 Å². The molecule has 0 radical (unpaired) electrons. The van der Waals surface area contributed by atoms with Crippen molar-refractivity contribution in [2.45, 2.75) is 12.5 Å². The van der Waals surface area contributed by atoms with Crippen molar-refractivity contribution in [2.24, 2.45) is 0 Å². The minimum Gasteiger partial charge on any atom is -0.496 e. The lowest BCUT2D eigenvalue weighted by molar-refractivity contribution is 0.167. The molecule has 2 aromatic rings. The highest BCUT2D eigenvalue weighted by Gasteiger charge is 2.19. The summed E-state index contributed by atoms with van der Waals surface area (Å²) in [4.78, 5) is 7.90. The predicted molar refractivity (Wildman–Crippen MR) is 70.2 cm³/mol. The van der Waals surface area contributed by atoms with Gasteiger partial charge in [-0.25, -0.2) is 14.4 Å². The van der Waals surface area contributed by atoms with Gasteiger partial charge in [-0.2, -0.15) is 0 Å². The summed E-state index contributed by atoms with van der Waals surface area (Å²) in [6.07, 6.45) is 0.404. The molecular formula is C14H15FN2O3. The van der Waals surface area contributed by atoms with E-state index in [1.165, 1.54) is 32.7 Å². The molecule has 0 saturated carbocycles. The lowest BCUT2D eigenvalue weighted by Gasteiger charge is -2.15. The molecule has 6 heteroatoms.